The van der Waals surface area contributed by atoms with Gasteiger partial charge in [-0.25, -0.2) is 4.85 Å². The van der Waals surface area contributed by atoms with Crippen molar-refractivity contribution in [1.82, 2.24) is 0 Å². The quantitative estimate of drug-likeness (QED) is 0.604. The van der Waals surface area contributed by atoms with Crippen molar-refractivity contribution < 1.29 is 9.53 Å². The highest BCUT2D eigenvalue weighted by molar-refractivity contribution is 6.13. The molecule has 0 aliphatic carbocycles. The Labute approximate surface area is 105 Å². The van der Waals surface area contributed by atoms with Crippen LogP contribution in [0.4, 0.5) is 5.69 Å². The van der Waals surface area contributed by atoms with E-state index in [2.05, 4.69) is 4.85 Å². The van der Waals surface area contributed by atoms with Crippen LogP contribution in [0.3, 0.4) is 0 Å². The summed E-state index contributed by atoms with van der Waals surface area (Å²) in [6.45, 7) is 7.08. The summed E-state index contributed by atoms with van der Waals surface area (Å²) in [5.41, 5.74) is 1.22. The van der Waals surface area contributed by atoms with Gasteiger partial charge in [-0.15, -0.1) is 0 Å². The molecule has 0 N–H and O–H groups in total. The molecule has 3 nitrogen and oxygen atoms in total. The van der Waals surface area contributed by atoms with Crippen molar-refractivity contribution in [2.45, 2.75) is 0 Å². The minimum Gasteiger partial charge on any atom is -0.496 e. The molecule has 0 aromatic heterocycles. The van der Waals surface area contributed by atoms with Gasteiger partial charge in [0, 0.05) is 5.56 Å². The van der Waals surface area contributed by atoms with Crippen LogP contribution in [0.25, 0.3) is 4.85 Å². The Morgan fingerprint density at radius 2 is 1.67 bits per heavy atom. The Bertz CT molecular complexity index is 626. The molecule has 0 saturated carbocycles. The number of ether oxygens (including phenoxy) is 1. The van der Waals surface area contributed by atoms with E-state index >= 15 is 0 Å². The first-order valence-corrected chi connectivity index (χ1v) is 5.42. The zero-order valence-electron chi connectivity index (χ0n) is 9.88. The van der Waals surface area contributed by atoms with Gasteiger partial charge in [-0.3, -0.25) is 4.79 Å². The number of hydrogen-bond acceptors (Lipinski definition) is 2. The van der Waals surface area contributed by atoms with Crippen LogP contribution >= 0.6 is 0 Å². The maximum atomic E-state index is 12.4. The first kappa shape index (κ1) is 11.9. The first-order chi connectivity index (χ1) is 8.77. The second-order valence-electron chi connectivity index (χ2n) is 3.66. The normalized spacial score (nSPS) is 9.56. The molecule has 0 fully saturated rings. The molecule has 2 aromatic carbocycles. The van der Waals surface area contributed by atoms with Crippen LogP contribution in [0.2, 0.25) is 0 Å². The smallest absolute Gasteiger partial charge is 0.198 e. The van der Waals surface area contributed by atoms with Gasteiger partial charge in [0.2, 0.25) is 0 Å². The highest BCUT2D eigenvalue weighted by atomic mass is 16.5. The molecule has 3 heteroatoms. The standard InChI is InChI=1S/C15H11NO2/c1-16-13-9-5-3-7-11(13)15(17)12-8-4-6-10-14(12)18-2/h3-10H,2H3. The number of carbonyl (C=O) groups excluding carboxylic acids is 1. The number of methoxy groups -OCH3 is 1. The van der Waals surface area contributed by atoms with E-state index < -0.39 is 0 Å². The first-order valence-electron chi connectivity index (χ1n) is 5.42. The Hall–Kier alpha value is -2.60. The Morgan fingerprint density at radius 3 is 2.33 bits per heavy atom. The van der Waals surface area contributed by atoms with E-state index in [-0.39, 0.29) is 5.78 Å². The predicted octanol–water partition coefficient (Wildman–Crippen LogP) is 3.48. The molecule has 0 heterocycles. The SMILES string of the molecule is [C-]#[N+]c1ccccc1C(=O)c1ccccc1OC. The zero-order chi connectivity index (χ0) is 13.0. The maximum absolute atomic E-state index is 12.4. The van der Waals surface area contributed by atoms with Crippen LogP contribution in [0.5, 0.6) is 5.75 Å². The van der Waals surface area contributed by atoms with Crippen molar-refractivity contribution in [3.63, 3.8) is 0 Å². The summed E-state index contributed by atoms with van der Waals surface area (Å²) in [4.78, 5) is 15.7. The fraction of sp³-hybridized carbons (Fsp3) is 0.0667. The van der Waals surface area contributed by atoms with Crippen LogP contribution in [0.1, 0.15) is 15.9 Å². The van der Waals surface area contributed by atoms with Crippen molar-refractivity contribution in [3.05, 3.63) is 71.1 Å². The Balaban J connectivity index is 2.52. The van der Waals surface area contributed by atoms with Gasteiger partial charge in [-0.1, -0.05) is 36.4 Å². The summed E-state index contributed by atoms with van der Waals surface area (Å²) in [6.07, 6.45) is 0. The molecule has 2 aromatic rings. The molecule has 0 aliphatic rings. The van der Waals surface area contributed by atoms with E-state index in [9.17, 15) is 4.79 Å². The summed E-state index contributed by atoms with van der Waals surface area (Å²) in [6, 6.07) is 13.8. The van der Waals surface area contributed by atoms with Crippen LogP contribution in [0, 0.1) is 6.57 Å². The van der Waals surface area contributed by atoms with E-state index in [0.717, 1.165) is 0 Å². The number of ketones is 1. The van der Waals surface area contributed by atoms with E-state index in [1.807, 2.05) is 0 Å². The molecule has 88 valence electrons. The van der Waals surface area contributed by atoms with Gasteiger partial charge in [0.1, 0.15) is 5.75 Å². The highest BCUT2D eigenvalue weighted by Gasteiger charge is 2.16. The van der Waals surface area contributed by atoms with Gasteiger partial charge in [-0.2, -0.15) is 0 Å². The maximum Gasteiger partial charge on any atom is 0.198 e. The number of hydrogen-bond donors (Lipinski definition) is 0. The van der Waals surface area contributed by atoms with Gasteiger partial charge < -0.3 is 4.74 Å². The summed E-state index contributed by atoms with van der Waals surface area (Å²) in [5.74, 6) is 0.321. The van der Waals surface area contributed by atoms with Crippen LogP contribution in [0.15, 0.2) is 48.5 Å². The average Bonchev–Trinajstić information content (AvgIpc) is 2.46. The van der Waals surface area contributed by atoms with Gasteiger partial charge in [-0.05, 0) is 12.1 Å². The third kappa shape index (κ3) is 2.09. The van der Waals surface area contributed by atoms with E-state index in [0.29, 0.717) is 22.6 Å². The highest BCUT2D eigenvalue weighted by Crippen LogP contribution is 2.26. The van der Waals surface area contributed by atoms with E-state index in [1.165, 1.54) is 7.11 Å². The van der Waals surface area contributed by atoms with Crippen molar-refractivity contribution >= 4 is 11.5 Å². The molecule has 0 unspecified atom stereocenters. The lowest BCUT2D eigenvalue weighted by Gasteiger charge is -2.08. The lowest BCUT2D eigenvalue weighted by Crippen LogP contribution is -2.03. The minimum atomic E-state index is -0.195. The number of rotatable bonds is 3. The molecule has 0 amide bonds. The zero-order valence-corrected chi connectivity index (χ0v) is 9.88. The predicted molar refractivity (Wildman–Crippen MR) is 69.1 cm³/mol. The van der Waals surface area contributed by atoms with Gasteiger partial charge in [0.25, 0.3) is 0 Å². The topological polar surface area (TPSA) is 30.7 Å². The number of nitrogens with zero attached hydrogens (tertiary/aromatic N) is 1. The van der Waals surface area contributed by atoms with Crippen molar-refractivity contribution in [3.8, 4) is 5.75 Å². The minimum absolute atomic E-state index is 0.195. The molecule has 2 rings (SSSR count). The van der Waals surface area contributed by atoms with Crippen LogP contribution in [-0.2, 0) is 0 Å². The summed E-state index contributed by atoms with van der Waals surface area (Å²) < 4.78 is 5.16. The number of para-hydroxylation sites is 2. The summed E-state index contributed by atoms with van der Waals surface area (Å²) in [5, 5.41) is 0. The number of carbonyl (C=O) groups is 1. The van der Waals surface area contributed by atoms with E-state index in [1.54, 1.807) is 48.5 Å². The van der Waals surface area contributed by atoms with Crippen molar-refractivity contribution in [1.29, 1.82) is 0 Å². The average molecular weight is 237 g/mol. The lowest BCUT2D eigenvalue weighted by atomic mass is 10.0. The summed E-state index contributed by atoms with van der Waals surface area (Å²) in [7, 11) is 1.52. The fourth-order valence-electron chi connectivity index (χ4n) is 1.74. The molecular weight excluding hydrogens is 226 g/mol. The largest absolute Gasteiger partial charge is 0.496 e. The molecule has 18 heavy (non-hydrogen) atoms. The number of benzene rings is 2. The Kier molecular flexibility index (Phi) is 3.40. The second-order valence-corrected chi connectivity index (χ2v) is 3.66. The fourth-order valence-corrected chi connectivity index (χ4v) is 1.74. The molecular formula is C15H11NO2. The van der Waals surface area contributed by atoms with Crippen molar-refractivity contribution in [2.75, 3.05) is 7.11 Å². The molecule has 0 radical (unpaired) electrons. The van der Waals surface area contributed by atoms with Gasteiger partial charge in [0.05, 0.1) is 19.2 Å². The Morgan fingerprint density at radius 1 is 1.06 bits per heavy atom. The molecule has 0 bridgehead atoms. The van der Waals surface area contributed by atoms with Gasteiger partial charge >= 0.3 is 0 Å². The lowest BCUT2D eigenvalue weighted by molar-refractivity contribution is 0.103. The molecule has 0 atom stereocenters. The van der Waals surface area contributed by atoms with Gasteiger partial charge in [0.15, 0.2) is 11.5 Å². The third-order valence-corrected chi connectivity index (χ3v) is 2.62. The third-order valence-electron chi connectivity index (χ3n) is 2.62. The second kappa shape index (κ2) is 5.15. The monoisotopic (exact) mass is 237 g/mol. The molecule has 0 aliphatic heterocycles. The van der Waals surface area contributed by atoms with Crippen LogP contribution < -0.4 is 4.74 Å². The van der Waals surface area contributed by atoms with Crippen LogP contribution in [-0.4, -0.2) is 12.9 Å². The van der Waals surface area contributed by atoms with E-state index in [4.69, 9.17) is 11.3 Å². The summed E-state index contributed by atoms with van der Waals surface area (Å²) >= 11 is 0. The van der Waals surface area contributed by atoms with Crippen molar-refractivity contribution in [2.24, 2.45) is 0 Å². The molecule has 0 saturated heterocycles. The molecule has 0 spiro atoms.